The lowest BCUT2D eigenvalue weighted by Crippen LogP contribution is -2.13. The Morgan fingerprint density at radius 1 is 0.921 bits per heavy atom. The third-order valence-electron chi connectivity index (χ3n) is 5.48. The molecule has 0 radical (unpaired) electrons. The summed E-state index contributed by atoms with van der Waals surface area (Å²) in [7, 11) is -4.11. The van der Waals surface area contributed by atoms with Gasteiger partial charge in [0.15, 0.2) is 11.5 Å². The molecule has 0 saturated heterocycles. The molecule has 4 rings (SSSR count). The van der Waals surface area contributed by atoms with Crippen molar-refractivity contribution in [3.05, 3.63) is 120 Å². The van der Waals surface area contributed by atoms with Crippen molar-refractivity contribution < 1.29 is 22.1 Å². The molecule has 0 aliphatic carbocycles. The van der Waals surface area contributed by atoms with E-state index in [-0.39, 0.29) is 10.6 Å². The van der Waals surface area contributed by atoms with Crippen LogP contribution in [0.1, 0.15) is 18.1 Å². The van der Waals surface area contributed by atoms with Crippen LogP contribution in [0.4, 0.5) is 5.69 Å². The smallest absolute Gasteiger partial charge is 0.339 e. The number of hydrogen-bond acceptors (Lipinski definition) is 6. The van der Waals surface area contributed by atoms with Crippen molar-refractivity contribution >= 4 is 27.4 Å². The predicted molar refractivity (Wildman–Crippen MR) is 151 cm³/mol. The number of halogens is 1. The molecule has 0 unspecified atom stereocenters. The molecule has 6 nitrogen and oxygen atoms in total. The summed E-state index contributed by atoms with van der Waals surface area (Å²) in [6.07, 6.45) is 2.08. The average Bonchev–Trinajstić information content (AvgIpc) is 2.91. The monoisotopic (exact) mass is 549 g/mol. The number of anilines is 1. The maximum atomic E-state index is 13.0. The lowest BCUT2D eigenvalue weighted by Gasteiger charge is -2.18. The molecule has 38 heavy (non-hydrogen) atoms. The number of hydrogen-bond donors (Lipinski definition) is 1. The summed E-state index contributed by atoms with van der Waals surface area (Å²) in [5, 5.41) is 3.81. The highest BCUT2D eigenvalue weighted by molar-refractivity contribution is 7.87. The SMILES string of the molecule is C=CCc1cc(CNc2ccc(Oc3ccccc3)cc2)cc(OCC)c1OS(=O)(=O)c1ccc(Cl)cc1. The molecule has 0 aromatic heterocycles. The second kappa shape index (κ2) is 12.5. The summed E-state index contributed by atoms with van der Waals surface area (Å²) < 4.78 is 43.2. The first-order valence-corrected chi connectivity index (χ1v) is 13.8. The van der Waals surface area contributed by atoms with Crippen molar-refractivity contribution in [2.24, 2.45) is 0 Å². The van der Waals surface area contributed by atoms with Crippen molar-refractivity contribution in [3.8, 4) is 23.0 Å². The van der Waals surface area contributed by atoms with Crippen LogP contribution in [0, 0.1) is 0 Å². The van der Waals surface area contributed by atoms with Gasteiger partial charge in [0.25, 0.3) is 0 Å². The van der Waals surface area contributed by atoms with Crippen LogP contribution in [0.3, 0.4) is 0 Å². The van der Waals surface area contributed by atoms with Gasteiger partial charge in [0.1, 0.15) is 16.4 Å². The van der Waals surface area contributed by atoms with Crippen LogP contribution in [0.5, 0.6) is 23.0 Å². The zero-order chi connectivity index (χ0) is 27.0. The molecule has 0 aliphatic heterocycles. The first-order chi connectivity index (χ1) is 18.4. The first-order valence-electron chi connectivity index (χ1n) is 12.0. The molecule has 0 atom stereocenters. The summed E-state index contributed by atoms with van der Waals surface area (Å²) in [5.41, 5.74) is 2.44. The largest absolute Gasteiger partial charge is 0.490 e. The van der Waals surface area contributed by atoms with Gasteiger partial charge in [-0.2, -0.15) is 8.42 Å². The predicted octanol–water partition coefficient (Wildman–Crippen LogP) is 7.64. The van der Waals surface area contributed by atoms with Gasteiger partial charge in [-0.15, -0.1) is 6.58 Å². The molecule has 0 amide bonds. The first kappa shape index (κ1) is 27.1. The topological polar surface area (TPSA) is 73.9 Å². The Morgan fingerprint density at radius 3 is 2.26 bits per heavy atom. The molecule has 4 aromatic carbocycles. The second-order valence-corrected chi connectivity index (χ2v) is 10.3. The van der Waals surface area contributed by atoms with Gasteiger partial charge in [0, 0.05) is 22.8 Å². The minimum atomic E-state index is -4.11. The van der Waals surface area contributed by atoms with Crippen LogP contribution in [0.2, 0.25) is 5.02 Å². The van der Waals surface area contributed by atoms with Crippen molar-refractivity contribution in [1.82, 2.24) is 0 Å². The Hall–Kier alpha value is -3.94. The van der Waals surface area contributed by atoms with Crippen LogP contribution in [-0.2, 0) is 23.1 Å². The number of nitrogens with one attached hydrogen (secondary N) is 1. The van der Waals surface area contributed by atoms with Crippen LogP contribution >= 0.6 is 11.6 Å². The number of rotatable bonds is 12. The summed E-state index contributed by atoms with van der Waals surface area (Å²) in [5.74, 6) is 1.99. The van der Waals surface area contributed by atoms with E-state index in [1.807, 2.05) is 67.6 Å². The van der Waals surface area contributed by atoms with E-state index in [4.69, 9.17) is 25.3 Å². The lowest BCUT2D eigenvalue weighted by molar-refractivity contribution is 0.326. The Kier molecular flexibility index (Phi) is 8.94. The summed E-state index contributed by atoms with van der Waals surface area (Å²) >= 11 is 5.91. The quantitative estimate of drug-likeness (QED) is 0.145. The van der Waals surface area contributed by atoms with E-state index in [0.29, 0.717) is 35.9 Å². The van der Waals surface area contributed by atoms with Crippen LogP contribution < -0.4 is 19.0 Å². The van der Waals surface area contributed by atoms with E-state index in [1.54, 1.807) is 12.1 Å². The summed E-state index contributed by atoms with van der Waals surface area (Å²) in [4.78, 5) is -0.000615. The van der Waals surface area contributed by atoms with E-state index in [0.717, 1.165) is 22.7 Å². The van der Waals surface area contributed by atoms with Gasteiger partial charge in [-0.05, 0) is 91.7 Å². The van der Waals surface area contributed by atoms with Crippen molar-refractivity contribution in [1.29, 1.82) is 0 Å². The Balaban J connectivity index is 1.53. The molecule has 0 fully saturated rings. The van der Waals surface area contributed by atoms with Crippen LogP contribution in [0.25, 0.3) is 0 Å². The fraction of sp³-hybridized carbons (Fsp3) is 0.133. The molecular formula is C30H28ClNO5S. The van der Waals surface area contributed by atoms with Gasteiger partial charge in [0.05, 0.1) is 6.61 Å². The molecule has 0 bridgehead atoms. The maximum Gasteiger partial charge on any atom is 0.339 e. The Bertz CT molecular complexity index is 1470. The maximum absolute atomic E-state index is 13.0. The standard InChI is InChI=1S/C30H28ClNO5S/c1-3-8-23-19-22(21-32-25-13-15-27(16-14-25)36-26-9-6-5-7-10-26)20-29(35-4-2)30(23)37-38(33,34)28-17-11-24(31)12-18-28/h3,5-7,9-20,32H,1,4,8,21H2,2H3. The number of para-hydroxylation sites is 1. The minimum absolute atomic E-state index is 0.000615. The molecular weight excluding hydrogens is 522 g/mol. The van der Waals surface area contributed by atoms with Crippen LogP contribution in [-0.4, -0.2) is 15.0 Å². The average molecular weight is 550 g/mol. The highest BCUT2D eigenvalue weighted by Gasteiger charge is 2.22. The van der Waals surface area contributed by atoms with Gasteiger partial charge < -0.3 is 19.0 Å². The Labute approximate surface area is 228 Å². The molecule has 1 N–H and O–H groups in total. The van der Waals surface area contributed by atoms with Gasteiger partial charge in [0.2, 0.25) is 0 Å². The molecule has 0 heterocycles. The van der Waals surface area contributed by atoms with Gasteiger partial charge in [-0.25, -0.2) is 0 Å². The molecule has 8 heteroatoms. The summed E-state index contributed by atoms with van der Waals surface area (Å²) in [6, 6.07) is 26.7. The zero-order valence-electron chi connectivity index (χ0n) is 20.9. The molecule has 196 valence electrons. The van der Waals surface area contributed by atoms with Gasteiger partial charge in [-0.3, -0.25) is 0 Å². The minimum Gasteiger partial charge on any atom is -0.490 e. The van der Waals surface area contributed by atoms with Crippen LogP contribution in [0.15, 0.2) is 109 Å². The fourth-order valence-corrected chi connectivity index (χ4v) is 4.82. The molecule has 4 aromatic rings. The lowest BCUT2D eigenvalue weighted by atomic mass is 10.1. The van der Waals surface area contributed by atoms with E-state index < -0.39 is 10.1 Å². The molecule has 0 aliphatic rings. The van der Waals surface area contributed by atoms with Gasteiger partial charge in [-0.1, -0.05) is 35.9 Å². The highest BCUT2D eigenvalue weighted by Crippen LogP contribution is 2.36. The van der Waals surface area contributed by atoms with Crippen molar-refractivity contribution in [3.63, 3.8) is 0 Å². The van der Waals surface area contributed by atoms with E-state index in [1.165, 1.54) is 24.3 Å². The number of benzene rings is 4. The third kappa shape index (κ3) is 7.09. The number of ether oxygens (including phenoxy) is 2. The highest BCUT2D eigenvalue weighted by atomic mass is 35.5. The normalized spacial score (nSPS) is 11.0. The fourth-order valence-electron chi connectivity index (χ4n) is 3.72. The third-order valence-corrected chi connectivity index (χ3v) is 6.97. The molecule has 0 spiro atoms. The zero-order valence-corrected chi connectivity index (χ0v) is 22.5. The summed E-state index contributed by atoms with van der Waals surface area (Å²) in [6.45, 7) is 6.46. The van der Waals surface area contributed by atoms with Crippen molar-refractivity contribution in [2.75, 3.05) is 11.9 Å². The van der Waals surface area contributed by atoms with E-state index >= 15 is 0 Å². The second-order valence-electron chi connectivity index (χ2n) is 8.29. The van der Waals surface area contributed by atoms with Crippen molar-refractivity contribution in [2.45, 2.75) is 24.8 Å². The Morgan fingerprint density at radius 2 is 1.61 bits per heavy atom. The number of allylic oxidation sites excluding steroid dienone is 1. The van der Waals surface area contributed by atoms with E-state index in [9.17, 15) is 8.42 Å². The van der Waals surface area contributed by atoms with E-state index in [2.05, 4.69) is 11.9 Å². The molecule has 0 saturated carbocycles. The van der Waals surface area contributed by atoms with Gasteiger partial charge >= 0.3 is 10.1 Å².